The highest BCUT2D eigenvalue weighted by molar-refractivity contribution is 5.67. The smallest absolute Gasteiger partial charge is 0.407 e. The van der Waals surface area contributed by atoms with Gasteiger partial charge in [0.2, 0.25) is 0 Å². The van der Waals surface area contributed by atoms with Crippen LogP contribution in [-0.2, 0) is 11.2 Å². The van der Waals surface area contributed by atoms with E-state index in [1.165, 1.54) is 0 Å². The van der Waals surface area contributed by atoms with Gasteiger partial charge in [-0.1, -0.05) is 31.2 Å². The number of rotatable bonds is 7. The third kappa shape index (κ3) is 4.73. The number of para-hydroxylation sites is 1. The van der Waals surface area contributed by atoms with Crippen LogP contribution < -0.4 is 10.1 Å². The molecule has 1 aliphatic rings. The Balaban J connectivity index is 2.08. The van der Waals surface area contributed by atoms with E-state index in [9.17, 15) is 4.79 Å². The van der Waals surface area contributed by atoms with Gasteiger partial charge in [-0.25, -0.2) is 4.79 Å². The summed E-state index contributed by atoms with van der Waals surface area (Å²) in [7, 11) is 0. The van der Waals surface area contributed by atoms with Crippen LogP contribution in [0, 0.1) is 0 Å². The number of benzene rings is 1. The molecule has 0 spiro atoms. The van der Waals surface area contributed by atoms with Gasteiger partial charge in [0.05, 0.1) is 0 Å². The van der Waals surface area contributed by atoms with Crippen LogP contribution in [0.25, 0.3) is 0 Å². The van der Waals surface area contributed by atoms with Gasteiger partial charge in [0.25, 0.3) is 0 Å². The second-order valence-corrected chi connectivity index (χ2v) is 5.58. The van der Waals surface area contributed by atoms with Gasteiger partial charge < -0.3 is 14.8 Å². The average molecular weight is 318 g/mol. The summed E-state index contributed by atoms with van der Waals surface area (Å²) >= 11 is 0. The van der Waals surface area contributed by atoms with Crippen LogP contribution in [0.1, 0.15) is 19.4 Å². The number of hydrogen-bond acceptors (Lipinski definition) is 4. The van der Waals surface area contributed by atoms with E-state index in [1.807, 2.05) is 37.3 Å². The van der Waals surface area contributed by atoms with Crippen molar-refractivity contribution in [1.82, 2.24) is 10.2 Å². The molecule has 1 aromatic carbocycles. The van der Waals surface area contributed by atoms with Crippen molar-refractivity contribution in [2.75, 3.05) is 26.2 Å². The Labute approximate surface area is 138 Å². The highest BCUT2D eigenvalue weighted by atomic mass is 16.6. The molecule has 5 heteroatoms. The normalized spacial score (nSPS) is 21.0. The molecule has 126 valence electrons. The van der Waals surface area contributed by atoms with Crippen molar-refractivity contribution in [1.29, 1.82) is 0 Å². The Bertz CT molecular complexity index is 533. The minimum Gasteiger partial charge on any atom is -0.485 e. The highest BCUT2D eigenvalue weighted by Gasteiger charge is 2.36. The van der Waals surface area contributed by atoms with Gasteiger partial charge in [0, 0.05) is 19.6 Å². The van der Waals surface area contributed by atoms with Gasteiger partial charge in [0.15, 0.2) is 6.10 Å². The number of carbonyl (C=O) groups is 1. The lowest BCUT2D eigenvalue weighted by Crippen LogP contribution is -2.38. The number of nitrogens with one attached hydrogen (secondary N) is 1. The summed E-state index contributed by atoms with van der Waals surface area (Å²) in [5.41, 5.74) is 1.09. The minimum atomic E-state index is -0.386. The second kappa shape index (κ2) is 8.58. The summed E-state index contributed by atoms with van der Waals surface area (Å²) in [6.07, 6.45) is 1.80. The predicted molar refractivity (Wildman–Crippen MR) is 90.8 cm³/mol. The van der Waals surface area contributed by atoms with Crippen molar-refractivity contribution in [3.8, 4) is 5.75 Å². The van der Waals surface area contributed by atoms with Crippen LogP contribution in [-0.4, -0.2) is 49.4 Å². The molecule has 1 saturated heterocycles. The third-order valence-corrected chi connectivity index (χ3v) is 3.93. The molecule has 0 aliphatic carbocycles. The first-order valence-electron chi connectivity index (χ1n) is 8.20. The van der Waals surface area contributed by atoms with Crippen molar-refractivity contribution in [2.24, 2.45) is 0 Å². The maximum absolute atomic E-state index is 11.7. The van der Waals surface area contributed by atoms with E-state index in [0.717, 1.165) is 30.8 Å². The molecule has 2 rings (SSSR count). The largest absolute Gasteiger partial charge is 0.485 e. The molecule has 1 fully saturated rings. The van der Waals surface area contributed by atoms with Crippen LogP contribution >= 0.6 is 0 Å². The Morgan fingerprint density at radius 3 is 2.78 bits per heavy atom. The first-order chi connectivity index (χ1) is 11.2. The Morgan fingerprint density at radius 2 is 2.09 bits per heavy atom. The Hall–Kier alpha value is -2.01. The van der Waals surface area contributed by atoms with Gasteiger partial charge >= 0.3 is 6.09 Å². The second-order valence-electron chi connectivity index (χ2n) is 5.58. The van der Waals surface area contributed by atoms with Crippen molar-refractivity contribution >= 4 is 6.09 Å². The topological polar surface area (TPSA) is 50.8 Å². The summed E-state index contributed by atoms with van der Waals surface area (Å²) < 4.78 is 11.7. The number of amides is 1. The van der Waals surface area contributed by atoms with Crippen molar-refractivity contribution in [3.63, 3.8) is 0 Å². The zero-order valence-electron chi connectivity index (χ0n) is 14.0. The monoisotopic (exact) mass is 318 g/mol. The molecule has 0 aromatic heterocycles. The molecule has 0 unspecified atom stereocenters. The van der Waals surface area contributed by atoms with Crippen LogP contribution in [0.3, 0.4) is 0 Å². The number of alkyl carbamates (subject to hydrolysis) is 1. The molecule has 0 bridgehead atoms. The molecule has 0 radical (unpaired) electrons. The molecule has 0 saturated carbocycles. The highest BCUT2D eigenvalue weighted by Crippen LogP contribution is 2.24. The molecule has 1 amide bonds. The van der Waals surface area contributed by atoms with Crippen LogP contribution in [0.2, 0.25) is 0 Å². The summed E-state index contributed by atoms with van der Waals surface area (Å²) in [6, 6.07) is 7.93. The van der Waals surface area contributed by atoms with E-state index in [-0.39, 0.29) is 18.3 Å². The molecule has 1 aliphatic heterocycles. The number of allylic oxidation sites excluding steroid dienone is 1. The molecule has 1 N–H and O–H groups in total. The van der Waals surface area contributed by atoms with Gasteiger partial charge in [-0.2, -0.15) is 0 Å². The number of likely N-dealkylation sites (N-methyl/N-ethyl adjacent to an activating group) is 1. The minimum absolute atomic E-state index is 0.163. The fraction of sp³-hybridized carbons (Fsp3) is 0.500. The van der Waals surface area contributed by atoms with E-state index >= 15 is 0 Å². The quantitative estimate of drug-likeness (QED) is 0.785. The molecular weight excluding hydrogens is 292 g/mol. The Morgan fingerprint density at radius 1 is 1.35 bits per heavy atom. The maximum atomic E-state index is 11.7. The van der Waals surface area contributed by atoms with Crippen molar-refractivity contribution in [3.05, 3.63) is 42.5 Å². The van der Waals surface area contributed by atoms with Crippen LogP contribution in [0.15, 0.2) is 36.9 Å². The summed E-state index contributed by atoms with van der Waals surface area (Å²) in [5.74, 6) is 0.833. The zero-order chi connectivity index (χ0) is 16.7. The maximum Gasteiger partial charge on any atom is 0.407 e. The van der Waals surface area contributed by atoms with E-state index in [0.29, 0.717) is 13.1 Å². The average Bonchev–Trinajstić information content (AvgIpc) is 2.91. The van der Waals surface area contributed by atoms with E-state index in [1.54, 1.807) is 0 Å². The lowest BCUT2D eigenvalue weighted by atomic mass is 10.1. The SMILES string of the molecule is C=CCc1ccccc1O[C@H]1CN(CC)C[C@@H]1OC(=O)NCC. The summed E-state index contributed by atoms with van der Waals surface area (Å²) in [5, 5.41) is 2.67. The van der Waals surface area contributed by atoms with Crippen molar-refractivity contribution < 1.29 is 14.3 Å². The van der Waals surface area contributed by atoms with Crippen LogP contribution in [0.5, 0.6) is 5.75 Å². The third-order valence-electron chi connectivity index (χ3n) is 3.93. The number of ether oxygens (including phenoxy) is 2. The standard InChI is InChI=1S/C18H26N2O3/c1-4-9-14-10-7-8-11-15(14)22-16-12-20(6-3)13-17(16)23-18(21)19-5-2/h4,7-8,10-11,16-17H,1,5-6,9,12-13H2,2-3H3,(H,19,21)/t16-,17-/m0/s1. The van der Waals surface area contributed by atoms with Gasteiger partial charge in [-0.3, -0.25) is 4.90 Å². The number of carbonyl (C=O) groups excluding carboxylic acids is 1. The van der Waals surface area contributed by atoms with Gasteiger partial charge in [-0.05, 0) is 31.5 Å². The number of nitrogens with zero attached hydrogens (tertiary/aromatic N) is 1. The molecule has 23 heavy (non-hydrogen) atoms. The summed E-state index contributed by atoms with van der Waals surface area (Å²) in [6.45, 7) is 10.7. The number of hydrogen-bond donors (Lipinski definition) is 1. The lowest BCUT2D eigenvalue weighted by Gasteiger charge is -2.22. The van der Waals surface area contributed by atoms with E-state index < -0.39 is 0 Å². The van der Waals surface area contributed by atoms with Crippen molar-refractivity contribution in [2.45, 2.75) is 32.5 Å². The summed E-state index contributed by atoms with van der Waals surface area (Å²) in [4.78, 5) is 14.0. The van der Waals surface area contributed by atoms with Gasteiger partial charge in [0.1, 0.15) is 11.9 Å². The number of likely N-dealkylation sites (tertiary alicyclic amines) is 1. The first kappa shape index (κ1) is 17.3. The van der Waals surface area contributed by atoms with E-state index in [4.69, 9.17) is 9.47 Å². The Kier molecular flexibility index (Phi) is 6.47. The molecule has 2 atom stereocenters. The zero-order valence-corrected chi connectivity index (χ0v) is 14.0. The predicted octanol–water partition coefficient (Wildman–Crippen LogP) is 2.61. The molecule has 1 heterocycles. The molecule has 5 nitrogen and oxygen atoms in total. The fourth-order valence-electron chi connectivity index (χ4n) is 2.73. The van der Waals surface area contributed by atoms with Crippen LogP contribution in [0.4, 0.5) is 4.79 Å². The lowest BCUT2D eigenvalue weighted by molar-refractivity contribution is 0.0444. The van der Waals surface area contributed by atoms with E-state index in [2.05, 4.69) is 23.7 Å². The first-order valence-corrected chi connectivity index (χ1v) is 8.20. The molecular formula is C18H26N2O3. The molecule has 1 aromatic rings. The fourth-order valence-corrected chi connectivity index (χ4v) is 2.73. The van der Waals surface area contributed by atoms with Gasteiger partial charge in [-0.15, -0.1) is 6.58 Å².